The first kappa shape index (κ1) is 19.9. The van der Waals surface area contributed by atoms with Gasteiger partial charge in [0.15, 0.2) is 11.5 Å². The molecule has 0 spiro atoms. The zero-order chi connectivity index (χ0) is 21.1. The van der Waals surface area contributed by atoms with E-state index in [4.69, 9.17) is 24.5 Å². The molecule has 2 N–H and O–H groups in total. The zero-order valence-corrected chi connectivity index (χ0v) is 17.2. The smallest absolute Gasteiger partial charge is 0.244 e. The summed E-state index contributed by atoms with van der Waals surface area (Å²) >= 11 is 0. The number of hydrogen-bond acceptors (Lipinski definition) is 10. The molecule has 0 amide bonds. The molecule has 10 nitrogen and oxygen atoms in total. The number of methoxy groups -OCH3 is 3. The van der Waals surface area contributed by atoms with E-state index >= 15 is 0 Å². The van der Waals surface area contributed by atoms with Gasteiger partial charge in [-0.2, -0.15) is 4.98 Å². The predicted octanol–water partition coefficient (Wildman–Crippen LogP) is 2.47. The van der Waals surface area contributed by atoms with E-state index in [1.807, 2.05) is 12.1 Å². The molecular weight excluding hydrogens is 388 g/mol. The van der Waals surface area contributed by atoms with Crippen molar-refractivity contribution in [3.8, 4) is 28.6 Å². The molecule has 158 valence electrons. The van der Waals surface area contributed by atoms with Crippen LogP contribution in [-0.2, 0) is 6.54 Å². The van der Waals surface area contributed by atoms with E-state index in [9.17, 15) is 0 Å². The van der Waals surface area contributed by atoms with Gasteiger partial charge in [-0.15, -0.1) is 0 Å². The van der Waals surface area contributed by atoms with Gasteiger partial charge < -0.3 is 24.5 Å². The Morgan fingerprint density at radius 1 is 1.17 bits per heavy atom. The molecular formula is C20H24N6O4. The van der Waals surface area contributed by atoms with Crippen molar-refractivity contribution >= 4 is 5.82 Å². The van der Waals surface area contributed by atoms with Crippen LogP contribution in [0.2, 0.25) is 0 Å². The maximum absolute atomic E-state index is 5.91. The van der Waals surface area contributed by atoms with Crippen LogP contribution in [0.3, 0.4) is 0 Å². The van der Waals surface area contributed by atoms with E-state index in [-0.39, 0.29) is 6.04 Å². The first-order valence-electron chi connectivity index (χ1n) is 9.57. The largest absolute Gasteiger partial charge is 0.493 e. The van der Waals surface area contributed by atoms with Crippen LogP contribution in [0.5, 0.6) is 17.2 Å². The molecule has 4 rings (SSSR count). The number of nitrogens with zero attached hydrogens (tertiary/aromatic N) is 5. The van der Waals surface area contributed by atoms with E-state index in [2.05, 4.69) is 25.0 Å². The molecule has 1 atom stereocenters. The number of nitrogen functional groups attached to an aromatic ring is 1. The molecule has 0 unspecified atom stereocenters. The molecule has 0 saturated carbocycles. The molecule has 2 aromatic heterocycles. The Morgan fingerprint density at radius 3 is 2.60 bits per heavy atom. The average Bonchev–Trinajstić information content (AvgIpc) is 3.42. The van der Waals surface area contributed by atoms with E-state index in [0.29, 0.717) is 46.9 Å². The molecule has 30 heavy (non-hydrogen) atoms. The summed E-state index contributed by atoms with van der Waals surface area (Å²) in [6.07, 6.45) is 4.92. The average molecular weight is 412 g/mol. The fraction of sp³-hybridized carbons (Fsp3) is 0.400. The topological polar surface area (TPSA) is 122 Å². The van der Waals surface area contributed by atoms with Crippen molar-refractivity contribution in [1.29, 1.82) is 0 Å². The second-order valence-corrected chi connectivity index (χ2v) is 6.94. The normalized spacial score (nSPS) is 16.6. The third-order valence-corrected chi connectivity index (χ3v) is 5.18. The summed E-state index contributed by atoms with van der Waals surface area (Å²) in [5, 5.41) is 4.08. The lowest BCUT2D eigenvalue weighted by atomic mass is 10.1. The van der Waals surface area contributed by atoms with Gasteiger partial charge in [-0.05, 0) is 37.1 Å². The van der Waals surface area contributed by atoms with E-state index in [0.717, 1.165) is 24.9 Å². The van der Waals surface area contributed by atoms with Crippen molar-refractivity contribution in [2.75, 3.05) is 33.6 Å². The molecule has 3 aromatic rings. The number of benzene rings is 1. The molecule has 1 aliphatic rings. The number of rotatable bonds is 7. The third-order valence-electron chi connectivity index (χ3n) is 5.18. The summed E-state index contributed by atoms with van der Waals surface area (Å²) < 4.78 is 21.9. The number of hydrogen-bond donors (Lipinski definition) is 1. The summed E-state index contributed by atoms with van der Waals surface area (Å²) in [5.74, 6) is 3.09. The maximum Gasteiger partial charge on any atom is 0.244 e. The van der Waals surface area contributed by atoms with Gasteiger partial charge in [-0.25, -0.2) is 9.97 Å². The highest BCUT2D eigenvalue weighted by atomic mass is 16.5. The summed E-state index contributed by atoms with van der Waals surface area (Å²) in [7, 11) is 4.81. The van der Waals surface area contributed by atoms with Gasteiger partial charge in [-0.3, -0.25) is 4.90 Å². The molecule has 10 heteroatoms. The summed E-state index contributed by atoms with van der Waals surface area (Å²) in [6, 6.07) is 3.92. The molecule has 0 bridgehead atoms. The number of nitrogens with two attached hydrogens (primary N) is 1. The highest BCUT2D eigenvalue weighted by Gasteiger charge is 2.31. The van der Waals surface area contributed by atoms with Crippen molar-refractivity contribution in [1.82, 2.24) is 25.0 Å². The number of ether oxygens (including phenoxy) is 3. The van der Waals surface area contributed by atoms with Gasteiger partial charge in [0.2, 0.25) is 17.5 Å². The molecule has 3 heterocycles. The second-order valence-electron chi connectivity index (χ2n) is 6.94. The molecule has 1 aromatic carbocycles. The number of aromatic nitrogens is 4. The molecule has 1 aliphatic heterocycles. The maximum atomic E-state index is 5.91. The van der Waals surface area contributed by atoms with Crippen LogP contribution in [0.15, 0.2) is 29.2 Å². The summed E-state index contributed by atoms with van der Waals surface area (Å²) in [5.41, 5.74) is 7.50. The lowest BCUT2D eigenvalue weighted by molar-refractivity contribution is 0.200. The van der Waals surface area contributed by atoms with Gasteiger partial charge in [0, 0.05) is 12.7 Å². The second kappa shape index (κ2) is 8.54. The van der Waals surface area contributed by atoms with E-state index in [1.54, 1.807) is 27.5 Å². The number of anilines is 1. The fourth-order valence-electron chi connectivity index (χ4n) is 3.75. The van der Waals surface area contributed by atoms with Crippen LogP contribution in [0, 0.1) is 0 Å². The van der Waals surface area contributed by atoms with Crippen LogP contribution in [-0.4, -0.2) is 52.9 Å². The minimum Gasteiger partial charge on any atom is -0.493 e. The molecule has 0 radical (unpaired) electrons. The third kappa shape index (κ3) is 3.73. The first-order chi connectivity index (χ1) is 14.6. The summed E-state index contributed by atoms with van der Waals surface area (Å²) in [6.45, 7) is 1.59. The Bertz CT molecular complexity index is 999. The fourth-order valence-corrected chi connectivity index (χ4v) is 3.75. The number of likely N-dealkylation sites (tertiary alicyclic amines) is 1. The van der Waals surface area contributed by atoms with Crippen molar-refractivity contribution in [2.24, 2.45) is 0 Å². The lowest BCUT2D eigenvalue weighted by Gasteiger charge is -2.22. The lowest BCUT2D eigenvalue weighted by Crippen LogP contribution is -2.23. The Morgan fingerprint density at radius 2 is 1.93 bits per heavy atom. The van der Waals surface area contributed by atoms with E-state index in [1.165, 1.54) is 6.33 Å². The quantitative estimate of drug-likeness (QED) is 0.619. The minimum absolute atomic E-state index is 0.0104. The van der Waals surface area contributed by atoms with E-state index < -0.39 is 0 Å². The van der Waals surface area contributed by atoms with Gasteiger partial charge >= 0.3 is 0 Å². The van der Waals surface area contributed by atoms with Crippen LogP contribution >= 0.6 is 0 Å². The minimum atomic E-state index is 0.0104. The van der Waals surface area contributed by atoms with Gasteiger partial charge in [-0.1, -0.05) is 5.16 Å². The van der Waals surface area contributed by atoms with Crippen LogP contribution < -0.4 is 19.9 Å². The van der Waals surface area contributed by atoms with Gasteiger partial charge in [0.05, 0.1) is 32.9 Å². The molecule has 1 saturated heterocycles. The highest BCUT2D eigenvalue weighted by Crippen LogP contribution is 2.40. The van der Waals surface area contributed by atoms with Crippen LogP contribution in [0.4, 0.5) is 5.82 Å². The Labute approximate surface area is 174 Å². The standard InChI is InChI=1S/C20H24N6O4/c1-27-15-7-12(8-16(28-2)17(15)29-3)10-26-6-4-5-14(26)20-24-19(25-30-20)13-9-22-11-23-18(13)21/h7-9,11,14H,4-6,10H2,1-3H3,(H2,21,22,23)/t14-/m0/s1. The molecule has 1 fully saturated rings. The highest BCUT2D eigenvalue weighted by molar-refractivity contribution is 5.66. The zero-order valence-electron chi connectivity index (χ0n) is 17.2. The Balaban J connectivity index is 1.57. The Hall–Kier alpha value is -3.40. The van der Waals surface area contributed by atoms with Crippen molar-refractivity contribution in [3.05, 3.63) is 36.1 Å². The van der Waals surface area contributed by atoms with Crippen LogP contribution in [0.1, 0.15) is 30.3 Å². The Kier molecular flexibility index (Phi) is 5.66. The SMILES string of the molecule is COc1cc(CN2CCC[C@H]2c2nc(-c3cncnc3N)no2)cc(OC)c1OC. The van der Waals surface area contributed by atoms with Crippen molar-refractivity contribution in [3.63, 3.8) is 0 Å². The molecule has 0 aliphatic carbocycles. The van der Waals surface area contributed by atoms with Crippen LogP contribution in [0.25, 0.3) is 11.4 Å². The van der Waals surface area contributed by atoms with Gasteiger partial charge in [0.1, 0.15) is 12.1 Å². The first-order valence-corrected chi connectivity index (χ1v) is 9.57. The monoisotopic (exact) mass is 412 g/mol. The summed E-state index contributed by atoms with van der Waals surface area (Å²) in [4.78, 5) is 14.8. The van der Waals surface area contributed by atoms with Crippen molar-refractivity contribution in [2.45, 2.75) is 25.4 Å². The van der Waals surface area contributed by atoms with Crippen molar-refractivity contribution < 1.29 is 18.7 Å². The van der Waals surface area contributed by atoms with Gasteiger partial charge in [0.25, 0.3) is 0 Å². The predicted molar refractivity (Wildman–Crippen MR) is 108 cm³/mol.